The molecule has 2 aromatic rings. The first-order valence-corrected chi connectivity index (χ1v) is 14.1. The summed E-state index contributed by atoms with van der Waals surface area (Å²) in [6.07, 6.45) is -10.5. The lowest BCUT2D eigenvalue weighted by molar-refractivity contribution is -0.140. The molecule has 0 aliphatic heterocycles. The van der Waals surface area contributed by atoms with Crippen LogP contribution in [-0.2, 0) is 16.0 Å². The minimum Gasteiger partial charge on any atom is -0.349 e. The number of hydrogen-bond acceptors (Lipinski definition) is 3. The van der Waals surface area contributed by atoms with Gasteiger partial charge in [0.1, 0.15) is 17.5 Å². The largest absolute Gasteiger partial charge is 0.417 e. The first-order valence-electron chi connectivity index (χ1n) is 11.1. The maximum Gasteiger partial charge on any atom is 0.417 e. The summed E-state index contributed by atoms with van der Waals surface area (Å²) in [5.41, 5.74) is -4.52. The molecule has 4 nitrogen and oxygen atoms in total. The SMILES string of the molecule is C[C@H](CS(=O)(=O)CC(C)(F)F)NC(=O)c1ccc(/C(F)=C/C(c2cc(Cl)c(Cl)c(Cl)c2)C(F)(F)F)cc1C(F)(F)F. The fourth-order valence-electron chi connectivity index (χ4n) is 3.67. The quantitative estimate of drug-likeness (QED) is 0.214. The molecular weight excluding hydrogens is 660 g/mol. The Balaban J connectivity index is 2.46. The van der Waals surface area contributed by atoms with Crippen LogP contribution in [0.15, 0.2) is 36.4 Å². The van der Waals surface area contributed by atoms with Gasteiger partial charge in [-0.3, -0.25) is 4.79 Å². The second-order valence-electron chi connectivity index (χ2n) is 9.09. The summed E-state index contributed by atoms with van der Waals surface area (Å²) >= 11 is 17.2. The van der Waals surface area contributed by atoms with E-state index in [9.17, 15) is 52.7 Å². The second kappa shape index (κ2) is 12.6. The molecule has 1 unspecified atom stereocenters. The van der Waals surface area contributed by atoms with Crippen molar-refractivity contribution < 1.29 is 52.7 Å². The average molecular weight is 679 g/mol. The molecule has 0 aliphatic rings. The van der Waals surface area contributed by atoms with Gasteiger partial charge in [0.15, 0.2) is 9.84 Å². The van der Waals surface area contributed by atoms with Crippen molar-refractivity contribution in [1.82, 2.24) is 5.32 Å². The van der Waals surface area contributed by atoms with Gasteiger partial charge in [0.2, 0.25) is 0 Å². The van der Waals surface area contributed by atoms with E-state index in [0.717, 1.165) is 19.1 Å². The van der Waals surface area contributed by atoms with Gasteiger partial charge >= 0.3 is 12.4 Å². The van der Waals surface area contributed by atoms with Gasteiger partial charge in [-0.1, -0.05) is 40.9 Å². The van der Waals surface area contributed by atoms with Crippen molar-refractivity contribution in [1.29, 1.82) is 0 Å². The number of benzene rings is 2. The minimum absolute atomic E-state index is 0.0123. The Kier molecular flexibility index (Phi) is 10.8. The molecule has 0 bridgehead atoms. The monoisotopic (exact) mass is 677 g/mol. The molecule has 0 spiro atoms. The molecule has 228 valence electrons. The molecule has 0 aromatic heterocycles. The highest BCUT2D eigenvalue weighted by molar-refractivity contribution is 7.91. The zero-order valence-corrected chi connectivity index (χ0v) is 23.8. The molecule has 0 fully saturated rings. The van der Waals surface area contributed by atoms with Crippen LogP contribution in [0.4, 0.5) is 39.5 Å². The van der Waals surface area contributed by atoms with E-state index in [1.54, 1.807) is 0 Å². The van der Waals surface area contributed by atoms with Gasteiger partial charge < -0.3 is 5.32 Å². The Bertz CT molecular complexity index is 1410. The third kappa shape index (κ3) is 9.97. The second-order valence-corrected chi connectivity index (χ2v) is 12.4. The van der Waals surface area contributed by atoms with Crippen LogP contribution < -0.4 is 5.32 Å². The van der Waals surface area contributed by atoms with E-state index < -0.39 is 95.6 Å². The number of carbonyl (C=O) groups is 1. The van der Waals surface area contributed by atoms with Crippen LogP contribution in [-0.4, -0.2) is 44.0 Å². The predicted molar refractivity (Wildman–Crippen MR) is 137 cm³/mol. The molecule has 2 aromatic carbocycles. The van der Waals surface area contributed by atoms with Crippen LogP contribution >= 0.6 is 34.8 Å². The number of carbonyl (C=O) groups excluding carboxylic acids is 1. The van der Waals surface area contributed by atoms with Crippen molar-refractivity contribution in [2.75, 3.05) is 11.5 Å². The topological polar surface area (TPSA) is 63.2 Å². The summed E-state index contributed by atoms with van der Waals surface area (Å²) in [4.78, 5) is 12.5. The van der Waals surface area contributed by atoms with Crippen LogP contribution in [0.3, 0.4) is 0 Å². The Morgan fingerprint density at radius 1 is 0.976 bits per heavy atom. The van der Waals surface area contributed by atoms with Crippen molar-refractivity contribution >= 4 is 56.4 Å². The van der Waals surface area contributed by atoms with E-state index >= 15 is 0 Å². The van der Waals surface area contributed by atoms with Crippen molar-refractivity contribution in [3.8, 4) is 0 Å². The number of nitrogens with one attached hydrogen (secondary N) is 1. The molecule has 0 saturated carbocycles. The molecule has 0 saturated heterocycles. The average Bonchev–Trinajstić information content (AvgIpc) is 2.76. The van der Waals surface area contributed by atoms with Crippen LogP contribution in [0.25, 0.3) is 5.83 Å². The number of hydrogen-bond donors (Lipinski definition) is 1. The van der Waals surface area contributed by atoms with Gasteiger partial charge in [0.25, 0.3) is 11.8 Å². The smallest absolute Gasteiger partial charge is 0.349 e. The van der Waals surface area contributed by atoms with Gasteiger partial charge in [-0.05, 0) is 42.8 Å². The number of halogens is 12. The number of rotatable bonds is 9. The van der Waals surface area contributed by atoms with E-state index in [0.29, 0.717) is 19.1 Å². The zero-order valence-electron chi connectivity index (χ0n) is 20.7. The Hall–Kier alpha value is -2.16. The Morgan fingerprint density at radius 3 is 1.98 bits per heavy atom. The van der Waals surface area contributed by atoms with Crippen molar-refractivity contribution in [3.05, 3.63) is 73.7 Å². The van der Waals surface area contributed by atoms with E-state index in [-0.39, 0.29) is 17.2 Å². The molecule has 41 heavy (non-hydrogen) atoms. The molecule has 0 aliphatic carbocycles. The van der Waals surface area contributed by atoms with Crippen LogP contribution in [0.2, 0.25) is 15.1 Å². The third-order valence-electron chi connectivity index (χ3n) is 5.23. The van der Waals surface area contributed by atoms with Crippen molar-refractivity contribution in [2.24, 2.45) is 0 Å². The van der Waals surface area contributed by atoms with Crippen LogP contribution in [0.5, 0.6) is 0 Å². The van der Waals surface area contributed by atoms with Gasteiger partial charge in [0, 0.05) is 18.5 Å². The maximum absolute atomic E-state index is 15.0. The van der Waals surface area contributed by atoms with E-state index in [1.165, 1.54) is 0 Å². The van der Waals surface area contributed by atoms with Gasteiger partial charge in [-0.2, -0.15) is 26.3 Å². The highest BCUT2D eigenvalue weighted by Gasteiger charge is 2.41. The molecule has 17 heteroatoms. The Morgan fingerprint density at radius 2 is 1.51 bits per heavy atom. The molecule has 0 radical (unpaired) electrons. The van der Waals surface area contributed by atoms with Crippen LogP contribution in [0.1, 0.15) is 46.8 Å². The summed E-state index contributed by atoms with van der Waals surface area (Å²) in [5.74, 6) is -12.1. The number of amides is 1. The Labute approximate surface area is 243 Å². The normalized spacial score (nSPS) is 15.0. The molecule has 2 atom stereocenters. The van der Waals surface area contributed by atoms with Gasteiger partial charge in [-0.15, -0.1) is 0 Å². The summed E-state index contributed by atoms with van der Waals surface area (Å²) in [6.45, 7) is 1.38. The number of allylic oxidation sites excluding steroid dienone is 1. The van der Waals surface area contributed by atoms with E-state index in [2.05, 4.69) is 0 Å². The molecule has 0 heterocycles. The lowest BCUT2D eigenvalue weighted by Crippen LogP contribution is -2.40. The highest BCUT2D eigenvalue weighted by Crippen LogP contribution is 2.42. The fourth-order valence-corrected chi connectivity index (χ4v) is 6.02. The zero-order chi connectivity index (χ0) is 31.7. The van der Waals surface area contributed by atoms with Gasteiger partial charge in [-0.25, -0.2) is 21.6 Å². The lowest BCUT2D eigenvalue weighted by atomic mass is 9.95. The van der Waals surface area contributed by atoms with Gasteiger partial charge in [0.05, 0.1) is 31.9 Å². The maximum atomic E-state index is 15.0. The number of sulfone groups is 1. The summed E-state index contributed by atoms with van der Waals surface area (Å²) in [5, 5.41) is 0.873. The standard InChI is InChI=1S/C24H19Cl3F9NO3S/c1-11(9-41(39,40)10-22(2,29)30)37-21(38)14-4-3-12(5-16(14)24(34,35)36)19(28)8-15(23(31,32)33)13-6-17(25)20(27)18(26)7-13/h3-8,11,15H,9-10H2,1-2H3,(H,37,38)/b19-8-/t11-,15?/m1/s1. The van der Waals surface area contributed by atoms with Crippen molar-refractivity contribution in [2.45, 2.75) is 44.1 Å². The lowest BCUT2D eigenvalue weighted by Gasteiger charge is -2.20. The van der Waals surface area contributed by atoms with E-state index in [4.69, 9.17) is 34.8 Å². The third-order valence-corrected chi connectivity index (χ3v) is 8.38. The molecule has 1 N–H and O–H groups in total. The molecule has 1 amide bonds. The summed E-state index contributed by atoms with van der Waals surface area (Å²) in [7, 11) is -4.44. The van der Waals surface area contributed by atoms with E-state index in [1.807, 2.05) is 5.32 Å². The van der Waals surface area contributed by atoms with Crippen molar-refractivity contribution in [3.63, 3.8) is 0 Å². The molecule has 2 rings (SSSR count). The minimum atomic E-state index is -5.32. The van der Waals surface area contributed by atoms with Crippen LogP contribution in [0, 0.1) is 0 Å². The molecular formula is C24H19Cl3F9NO3S. The summed E-state index contributed by atoms with van der Waals surface area (Å²) < 4.78 is 147. The first-order chi connectivity index (χ1) is 18.4. The summed E-state index contributed by atoms with van der Waals surface area (Å²) in [6, 6.07) is 1.27. The first kappa shape index (κ1) is 35.0. The number of alkyl halides is 8. The fraction of sp³-hybridized carbons (Fsp3) is 0.375. The highest BCUT2D eigenvalue weighted by atomic mass is 35.5. The predicted octanol–water partition coefficient (Wildman–Crippen LogP) is 8.51.